The second kappa shape index (κ2) is 6.25. The van der Waals surface area contributed by atoms with Crippen molar-refractivity contribution in [2.75, 3.05) is 11.9 Å². The molecule has 1 atom stereocenters. The first-order valence-electron chi connectivity index (χ1n) is 4.72. The van der Waals surface area contributed by atoms with Gasteiger partial charge in [-0.3, -0.25) is 0 Å². The Bertz CT molecular complexity index is 324. The maximum atomic E-state index is 8.86. The number of aliphatic hydroxyl groups is 1. The van der Waals surface area contributed by atoms with E-state index in [1.54, 1.807) is 6.20 Å². The summed E-state index contributed by atoms with van der Waals surface area (Å²) in [7, 11) is 0. The van der Waals surface area contributed by atoms with Gasteiger partial charge >= 0.3 is 0 Å². The van der Waals surface area contributed by atoms with Crippen molar-refractivity contribution in [3.63, 3.8) is 0 Å². The van der Waals surface area contributed by atoms with Crippen LogP contribution < -0.4 is 5.32 Å². The van der Waals surface area contributed by atoms with Crippen LogP contribution in [0.5, 0.6) is 0 Å². The number of hydrogen-bond donors (Lipinski definition) is 2. The van der Waals surface area contributed by atoms with Crippen molar-refractivity contribution in [1.29, 1.82) is 0 Å². The van der Waals surface area contributed by atoms with Crippen molar-refractivity contribution in [3.05, 3.63) is 16.0 Å². The molecular formula is C9H13BrClN3O. The first-order valence-corrected chi connectivity index (χ1v) is 5.90. The molecule has 2 N–H and O–H groups in total. The summed E-state index contributed by atoms with van der Waals surface area (Å²) in [4.78, 5) is 7.89. The Morgan fingerprint density at radius 3 is 3.00 bits per heavy atom. The van der Waals surface area contributed by atoms with Gasteiger partial charge in [-0.2, -0.15) is 4.98 Å². The summed E-state index contributed by atoms with van der Waals surface area (Å²) in [5, 5.41) is 12.3. The standard InChI is InChI=1S/C9H13BrClN3O/c1-2-6(3-4-15)13-8-7(10)5-12-9(11)14-8/h5-6,15H,2-4H2,1H3,(H,12,13,14). The monoisotopic (exact) mass is 293 g/mol. The fourth-order valence-electron chi connectivity index (χ4n) is 1.17. The number of aliphatic hydroxyl groups excluding tert-OH is 1. The van der Waals surface area contributed by atoms with E-state index in [1.165, 1.54) is 0 Å². The lowest BCUT2D eigenvalue weighted by molar-refractivity contribution is 0.278. The summed E-state index contributed by atoms with van der Waals surface area (Å²) < 4.78 is 0.767. The van der Waals surface area contributed by atoms with Crippen LogP contribution in [0.3, 0.4) is 0 Å². The third-order valence-electron chi connectivity index (χ3n) is 2.03. The van der Waals surface area contributed by atoms with Crippen LogP contribution >= 0.6 is 27.5 Å². The molecule has 1 heterocycles. The maximum absolute atomic E-state index is 8.86. The van der Waals surface area contributed by atoms with Crippen molar-refractivity contribution >= 4 is 33.3 Å². The number of nitrogens with one attached hydrogen (secondary N) is 1. The zero-order valence-corrected chi connectivity index (χ0v) is 10.7. The molecule has 1 aromatic heterocycles. The summed E-state index contributed by atoms with van der Waals surface area (Å²) in [6.45, 7) is 2.20. The molecule has 4 nitrogen and oxygen atoms in total. The van der Waals surface area contributed by atoms with Crippen molar-refractivity contribution in [3.8, 4) is 0 Å². The molecule has 0 spiro atoms. The molecule has 0 fully saturated rings. The van der Waals surface area contributed by atoms with Crippen molar-refractivity contribution in [2.45, 2.75) is 25.8 Å². The molecule has 0 radical (unpaired) electrons. The van der Waals surface area contributed by atoms with Gasteiger partial charge in [-0.05, 0) is 40.4 Å². The summed E-state index contributed by atoms with van der Waals surface area (Å²) >= 11 is 9.02. The fraction of sp³-hybridized carbons (Fsp3) is 0.556. The van der Waals surface area contributed by atoms with Crippen molar-refractivity contribution in [1.82, 2.24) is 9.97 Å². The molecule has 84 valence electrons. The van der Waals surface area contributed by atoms with Crippen molar-refractivity contribution < 1.29 is 5.11 Å². The normalized spacial score (nSPS) is 12.5. The van der Waals surface area contributed by atoms with Crippen LogP contribution in [0.25, 0.3) is 0 Å². The van der Waals surface area contributed by atoms with E-state index in [4.69, 9.17) is 16.7 Å². The highest BCUT2D eigenvalue weighted by molar-refractivity contribution is 9.10. The Labute approximate surface area is 102 Å². The number of nitrogens with zero attached hydrogens (tertiary/aromatic N) is 2. The van der Waals surface area contributed by atoms with E-state index in [0.717, 1.165) is 10.9 Å². The topological polar surface area (TPSA) is 58.0 Å². The molecule has 1 rings (SSSR count). The van der Waals surface area contributed by atoms with Gasteiger partial charge in [0.1, 0.15) is 5.82 Å². The van der Waals surface area contributed by atoms with Gasteiger partial charge in [0.2, 0.25) is 5.28 Å². The number of anilines is 1. The van der Waals surface area contributed by atoms with E-state index in [0.29, 0.717) is 12.2 Å². The Morgan fingerprint density at radius 1 is 1.67 bits per heavy atom. The van der Waals surface area contributed by atoms with Crippen molar-refractivity contribution in [2.24, 2.45) is 0 Å². The van der Waals surface area contributed by atoms with Gasteiger partial charge in [0.25, 0.3) is 0 Å². The van der Waals surface area contributed by atoms with Crippen LogP contribution in [0.1, 0.15) is 19.8 Å². The molecule has 0 aromatic carbocycles. The van der Waals surface area contributed by atoms with Gasteiger partial charge in [-0.1, -0.05) is 6.92 Å². The maximum Gasteiger partial charge on any atom is 0.224 e. The molecule has 0 aliphatic rings. The van der Waals surface area contributed by atoms with Gasteiger partial charge < -0.3 is 10.4 Å². The Kier molecular flexibility index (Phi) is 5.28. The quantitative estimate of drug-likeness (QED) is 0.819. The average molecular weight is 295 g/mol. The Morgan fingerprint density at radius 2 is 2.40 bits per heavy atom. The highest BCUT2D eigenvalue weighted by Crippen LogP contribution is 2.21. The molecule has 0 amide bonds. The molecule has 0 saturated heterocycles. The largest absolute Gasteiger partial charge is 0.396 e. The minimum Gasteiger partial charge on any atom is -0.396 e. The number of halogens is 2. The molecule has 1 unspecified atom stereocenters. The predicted octanol–water partition coefficient (Wildman–Crippen LogP) is 2.47. The summed E-state index contributed by atoms with van der Waals surface area (Å²) in [6, 6.07) is 0.192. The zero-order valence-electron chi connectivity index (χ0n) is 8.37. The van der Waals surface area contributed by atoms with Crippen LogP contribution in [0.15, 0.2) is 10.7 Å². The van der Waals surface area contributed by atoms with Gasteiger partial charge in [-0.25, -0.2) is 4.98 Å². The second-order valence-corrected chi connectivity index (χ2v) is 4.29. The van der Waals surface area contributed by atoms with Gasteiger partial charge in [-0.15, -0.1) is 0 Å². The molecule has 0 bridgehead atoms. The summed E-state index contributed by atoms with van der Waals surface area (Å²) in [5.74, 6) is 0.662. The first kappa shape index (κ1) is 12.7. The molecule has 0 saturated carbocycles. The molecule has 0 aliphatic heterocycles. The number of aromatic nitrogens is 2. The smallest absolute Gasteiger partial charge is 0.224 e. The highest BCUT2D eigenvalue weighted by Gasteiger charge is 2.09. The van der Waals surface area contributed by atoms with Crippen LogP contribution in [-0.2, 0) is 0 Å². The van der Waals surface area contributed by atoms with Gasteiger partial charge in [0.15, 0.2) is 0 Å². The lowest BCUT2D eigenvalue weighted by Crippen LogP contribution is -2.20. The highest BCUT2D eigenvalue weighted by atomic mass is 79.9. The van der Waals surface area contributed by atoms with E-state index in [-0.39, 0.29) is 17.9 Å². The second-order valence-electron chi connectivity index (χ2n) is 3.10. The molecule has 1 aromatic rings. The zero-order chi connectivity index (χ0) is 11.3. The number of hydrogen-bond acceptors (Lipinski definition) is 4. The van der Waals surface area contributed by atoms with Crippen LogP contribution in [0.4, 0.5) is 5.82 Å². The minimum atomic E-state index is 0.155. The van der Waals surface area contributed by atoms with Crippen LogP contribution in [0.2, 0.25) is 5.28 Å². The average Bonchev–Trinajstić information content (AvgIpc) is 2.22. The molecule has 0 aliphatic carbocycles. The van der Waals surface area contributed by atoms with Gasteiger partial charge in [0.05, 0.1) is 4.47 Å². The molecular weight excluding hydrogens is 281 g/mol. The third-order valence-corrected chi connectivity index (χ3v) is 2.79. The van der Waals surface area contributed by atoms with E-state index in [9.17, 15) is 0 Å². The van der Waals surface area contributed by atoms with E-state index in [2.05, 4.69) is 31.2 Å². The summed E-state index contributed by atoms with van der Waals surface area (Å²) in [6.07, 6.45) is 3.20. The SMILES string of the molecule is CCC(CCO)Nc1nc(Cl)ncc1Br. The minimum absolute atomic E-state index is 0.155. The predicted molar refractivity (Wildman–Crippen MR) is 64.1 cm³/mol. The molecule has 15 heavy (non-hydrogen) atoms. The Hall–Kier alpha value is -0.390. The van der Waals surface area contributed by atoms with E-state index >= 15 is 0 Å². The summed E-state index contributed by atoms with van der Waals surface area (Å²) in [5.41, 5.74) is 0. The fourth-order valence-corrected chi connectivity index (χ4v) is 1.61. The van der Waals surface area contributed by atoms with Gasteiger partial charge in [0, 0.05) is 18.8 Å². The van der Waals surface area contributed by atoms with E-state index in [1.807, 2.05) is 6.92 Å². The van der Waals surface area contributed by atoms with Crippen LogP contribution in [-0.4, -0.2) is 27.7 Å². The molecule has 6 heteroatoms. The first-order chi connectivity index (χ1) is 7.17. The number of rotatable bonds is 5. The van der Waals surface area contributed by atoms with E-state index < -0.39 is 0 Å². The van der Waals surface area contributed by atoms with Crippen LogP contribution in [0, 0.1) is 0 Å². The lowest BCUT2D eigenvalue weighted by atomic mass is 10.1. The Balaban J connectivity index is 2.73. The third kappa shape index (κ3) is 3.93. The lowest BCUT2D eigenvalue weighted by Gasteiger charge is -2.17.